The van der Waals surface area contributed by atoms with Gasteiger partial charge in [-0.1, -0.05) is 19.9 Å². The average molecular weight is 416 g/mol. The summed E-state index contributed by atoms with van der Waals surface area (Å²) in [5, 5.41) is 21.0. The number of hydrogen-bond acceptors (Lipinski definition) is 7. The van der Waals surface area contributed by atoms with Crippen molar-refractivity contribution in [2.75, 3.05) is 0 Å². The van der Waals surface area contributed by atoms with E-state index in [0.717, 1.165) is 0 Å². The van der Waals surface area contributed by atoms with Crippen molar-refractivity contribution in [2.24, 2.45) is 23.7 Å². The summed E-state index contributed by atoms with van der Waals surface area (Å²) in [6.45, 7) is 8.65. The van der Waals surface area contributed by atoms with E-state index in [4.69, 9.17) is 14.2 Å². The van der Waals surface area contributed by atoms with Gasteiger partial charge in [0.1, 0.15) is 23.4 Å². The number of hydrogen-bond donors (Lipinski definition) is 2. The Labute approximate surface area is 175 Å². The molecule has 0 unspecified atom stereocenters. The minimum absolute atomic E-state index is 0.0659. The normalized spacial score (nSPS) is 42.2. The molecule has 30 heavy (non-hydrogen) atoms. The van der Waals surface area contributed by atoms with E-state index in [2.05, 4.69) is 0 Å². The van der Waals surface area contributed by atoms with Crippen LogP contribution in [0.3, 0.4) is 0 Å². The van der Waals surface area contributed by atoms with Crippen LogP contribution in [0, 0.1) is 23.7 Å². The van der Waals surface area contributed by atoms with Gasteiger partial charge in [-0.25, -0.2) is 0 Å². The monoisotopic (exact) mass is 416 g/mol. The number of carbonyl (C=O) groups is 2. The fourth-order valence-electron chi connectivity index (χ4n) is 4.71. The van der Waals surface area contributed by atoms with Gasteiger partial charge in [0.15, 0.2) is 11.6 Å². The standard InChI is InChI=1S/C23H28O7/c1-11(13(3)24)6-7-16-8-15-9-18(25)22(5)19(17(15)10-28-16)20-21(26)29-14(4)12(2)23(20,27)30-22/h6-14,19-20,24,27H,1-5H3/b7-6+/t11-,12-,13-,14-,19-,20+,22-,23-/m1/s1. The molecule has 4 aliphatic rings. The molecule has 2 saturated heterocycles. The summed E-state index contributed by atoms with van der Waals surface area (Å²) >= 11 is 0. The van der Waals surface area contributed by atoms with Gasteiger partial charge in [-0.2, -0.15) is 0 Å². The SMILES string of the molecule is C[C@H](/C=C/C1=CC2=CC(=O)[C@@]3(C)O[C@]4(O)[C@H](C)[C@@H](C)OC(=O)[C@@H]4[C@H]3C2=CO1)[C@@H](C)O. The molecule has 1 aliphatic carbocycles. The highest BCUT2D eigenvalue weighted by Crippen LogP contribution is 2.58. The highest BCUT2D eigenvalue weighted by molar-refractivity contribution is 6.02. The van der Waals surface area contributed by atoms with Crippen LogP contribution >= 0.6 is 0 Å². The lowest BCUT2D eigenvalue weighted by atomic mass is 9.65. The Morgan fingerprint density at radius 1 is 1.17 bits per heavy atom. The maximum atomic E-state index is 13.1. The van der Waals surface area contributed by atoms with Gasteiger partial charge in [-0.05, 0) is 44.6 Å². The van der Waals surface area contributed by atoms with E-state index in [1.807, 2.05) is 13.0 Å². The predicted molar refractivity (Wildman–Crippen MR) is 106 cm³/mol. The molecule has 2 N–H and O–H groups in total. The fraction of sp³-hybridized carbons (Fsp3) is 0.565. The predicted octanol–water partition coefficient (Wildman–Crippen LogP) is 2.16. The number of esters is 1. The Morgan fingerprint density at radius 3 is 2.53 bits per heavy atom. The maximum Gasteiger partial charge on any atom is 0.315 e. The van der Waals surface area contributed by atoms with Gasteiger partial charge in [0.25, 0.3) is 0 Å². The summed E-state index contributed by atoms with van der Waals surface area (Å²) in [4.78, 5) is 25.9. The zero-order chi connectivity index (χ0) is 22.0. The average Bonchev–Trinajstić information content (AvgIpc) is 2.94. The zero-order valence-corrected chi connectivity index (χ0v) is 17.8. The summed E-state index contributed by atoms with van der Waals surface area (Å²) in [5.74, 6) is -4.50. The minimum Gasteiger partial charge on any atom is -0.465 e. The zero-order valence-electron chi connectivity index (χ0n) is 17.8. The molecule has 7 heteroatoms. The molecule has 0 bridgehead atoms. The molecule has 0 spiro atoms. The van der Waals surface area contributed by atoms with E-state index in [-0.39, 0.29) is 11.7 Å². The first-order valence-electron chi connectivity index (χ1n) is 10.3. The molecule has 0 amide bonds. The Kier molecular flexibility index (Phi) is 4.84. The molecule has 0 aromatic rings. The number of ketones is 1. The van der Waals surface area contributed by atoms with E-state index in [0.29, 0.717) is 16.9 Å². The first-order valence-corrected chi connectivity index (χ1v) is 10.3. The molecule has 7 nitrogen and oxygen atoms in total. The van der Waals surface area contributed by atoms with Crippen LogP contribution in [0.4, 0.5) is 0 Å². The number of carbonyl (C=O) groups excluding carboxylic acids is 2. The summed E-state index contributed by atoms with van der Waals surface area (Å²) in [6.07, 6.45) is 7.23. The highest BCUT2D eigenvalue weighted by Gasteiger charge is 2.72. The Hall–Kier alpha value is -2.22. The largest absolute Gasteiger partial charge is 0.465 e. The van der Waals surface area contributed by atoms with Crippen molar-refractivity contribution in [3.63, 3.8) is 0 Å². The second-order valence-electron chi connectivity index (χ2n) is 9.01. The van der Waals surface area contributed by atoms with E-state index in [1.165, 1.54) is 12.3 Å². The molecule has 2 fully saturated rings. The molecule has 0 aromatic heterocycles. The van der Waals surface area contributed by atoms with Crippen LogP contribution in [-0.4, -0.2) is 45.6 Å². The summed E-state index contributed by atoms with van der Waals surface area (Å²) in [7, 11) is 0. The van der Waals surface area contributed by atoms with Crippen LogP contribution in [0.2, 0.25) is 0 Å². The molecular formula is C23H28O7. The first kappa shape index (κ1) is 21.0. The van der Waals surface area contributed by atoms with E-state index >= 15 is 0 Å². The smallest absolute Gasteiger partial charge is 0.315 e. The number of cyclic esters (lactones) is 1. The topological polar surface area (TPSA) is 102 Å². The van der Waals surface area contributed by atoms with Crippen LogP contribution in [0.5, 0.6) is 0 Å². The molecule has 4 rings (SSSR count). The Balaban J connectivity index is 1.72. The maximum absolute atomic E-state index is 13.1. The van der Waals surface area contributed by atoms with Gasteiger partial charge in [0, 0.05) is 23.3 Å². The number of ether oxygens (including phenoxy) is 3. The lowest BCUT2D eigenvalue weighted by molar-refractivity contribution is -0.286. The minimum atomic E-state index is -1.80. The molecule has 3 aliphatic heterocycles. The molecule has 3 heterocycles. The molecule has 0 radical (unpaired) electrons. The second kappa shape index (κ2) is 6.90. The lowest BCUT2D eigenvalue weighted by Crippen LogP contribution is -2.56. The summed E-state index contributed by atoms with van der Waals surface area (Å²) in [6, 6.07) is 0. The molecule has 0 saturated carbocycles. The lowest BCUT2D eigenvalue weighted by Gasteiger charge is -2.42. The van der Waals surface area contributed by atoms with Gasteiger partial charge in [-0.15, -0.1) is 0 Å². The van der Waals surface area contributed by atoms with Gasteiger partial charge in [0.05, 0.1) is 12.4 Å². The molecule has 0 aromatic carbocycles. The van der Waals surface area contributed by atoms with Crippen molar-refractivity contribution in [1.29, 1.82) is 0 Å². The van der Waals surface area contributed by atoms with Crippen molar-refractivity contribution in [1.82, 2.24) is 0 Å². The number of fused-ring (bicyclic) bond motifs is 5. The van der Waals surface area contributed by atoms with Gasteiger partial charge < -0.3 is 24.4 Å². The third-order valence-electron chi connectivity index (χ3n) is 7.05. The third kappa shape index (κ3) is 2.91. The van der Waals surface area contributed by atoms with Crippen LogP contribution in [0.25, 0.3) is 0 Å². The van der Waals surface area contributed by atoms with Crippen LogP contribution < -0.4 is 0 Å². The Morgan fingerprint density at radius 2 is 1.87 bits per heavy atom. The van der Waals surface area contributed by atoms with E-state index in [9.17, 15) is 19.8 Å². The summed E-state index contributed by atoms with van der Waals surface area (Å²) < 4.78 is 17.2. The first-order chi connectivity index (χ1) is 14.0. The van der Waals surface area contributed by atoms with Crippen molar-refractivity contribution in [3.05, 3.63) is 47.5 Å². The van der Waals surface area contributed by atoms with Gasteiger partial charge >= 0.3 is 5.97 Å². The van der Waals surface area contributed by atoms with Crippen LogP contribution in [0.1, 0.15) is 34.6 Å². The summed E-state index contributed by atoms with van der Waals surface area (Å²) in [5.41, 5.74) is -0.153. The van der Waals surface area contributed by atoms with Crippen molar-refractivity contribution in [2.45, 2.75) is 58.2 Å². The van der Waals surface area contributed by atoms with Gasteiger partial charge in [0.2, 0.25) is 0 Å². The van der Waals surface area contributed by atoms with Crippen LogP contribution in [0.15, 0.2) is 47.5 Å². The number of aliphatic hydroxyl groups is 2. The van der Waals surface area contributed by atoms with Crippen molar-refractivity contribution >= 4 is 11.8 Å². The Bertz CT molecular complexity index is 911. The number of rotatable bonds is 3. The van der Waals surface area contributed by atoms with E-state index < -0.39 is 47.3 Å². The molecule has 162 valence electrons. The third-order valence-corrected chi connectivity index (χ3v) is 7.05. The highest BCUT2D eigenvalue weighted by atomic mass is 16.7. The molecular weight excluding hydrogens is 388 g/mol. The number of aliphatic hydroxyl groups excluding tert-OH is 1. The second-order valence-corrected chi connectivity index (χ2v) is 9.01. The van der Waals surface area contributed by atoms with Gasteiger partial charge in [-0.3, -0.25) is 9.59 Å². The fourth-order valence-corrected chi connectivity index (χ4v) is 4.71. The van der Waals surface area contributed by atoms with Crippen LogP contribution in [-0.2, 0) is 23.8 Å². The van der Waals surface area contributed by atoms with Crippen molar-refractivity contribution < 1.29 is 34.0 Å². The number of allylic oxidation sites excluding steroid dienone is 3. The van der Waals surface area contributed by atoms with E-state index in [1.54, 1.807) is 39.8 Å². The molecule has 8 atom stereocenters. The quantitative estimate of drug-likeness (QED) is 0.680. The van der Waals surface area contributed by atoms with Crippen molar-refractivity contribution in [3.8, 4) is 0 Å².